The number of methoxy groups -OCH3 is 1. The minimum Gasteiger partial charge on any atom is -0.466 e. The van der Waals surface area contributed by atoms with Gasteiger partial charge in [0.15, 0.2) is 0 Å². The first kappa shape index (κ1) is 13.2. The first-order valence-electron chi connectivity index (χ1n) is 5.23. The summed E-state index contributed by atoms with van der Waals surface area (Å²) in [6, 6.07) is 0. The van der Waals surface area contributed by atoms with E-state index < -0.39 is 0 Å². The first-order chi connectivity index (χ1) is 6.49. The first-order valence-corrected chi connectivity index (χ1v) is 5.23. The molecule has 0 saturated heterocycles. The van der Waals surface area contributed by atoms with E-state index in [2.05, 4.69) is 32.4 Å². The SMILES string of the molecule is COC(=O)C=CCC(C)C(C)C(C)C. The van der Waals surface area contributed by atoms with Gasteiger partial charge >= 0.3 is 5.97 Å². The van der Waals surface area contributed by atoms with Gasteiger partial charge in [-0.15, -0.1) is 0 Å². The van der Waals surface area contributed by atoms with E-state index in [9.17, 15) is 4.79 Å². The average Bonchev–Trinajstić information content (AvgIpc) is 2.15. The highest BCUT2D eigenvalue weighted by Gasteiger charge is 2.14. The van der Waals surface area contributed by atoms with E-state index in [0.29, 0.717) is 17.8 Å². The maximum atomic E-state index is 10.8. The van der Waals surface area contributed by atoms with Crippen LogP contribution >= 0.6 is 0 Å². The number of carbonyl (C=O) groups is 1. The van der Waals surface area contributed by atoms with Gasteiger partial charge in [-0.25, -0.2) is 4.79 Å². The highest BCUT2D eigenvalue weighted by molar-refractivity contribution is 5.81. The Morgan fingerprint density at radius 3 is 2.29 bits per heavy atom. The van der Waals surface area contributed by atoms with Crippen molar-refractivity contribution in [3.05, 3.63) is 12.2 Å². The fourth-order valence-electron chi connectivity index (χ4n) is 1.32. The zero-order chi connectivity index (χ0) is 11.1. The Morgan fingerprint density at radius 1 is 1.29 bits per heavy atom. The van der Waals surface area contributed by atoms with Crippen LogP contribution in [0.4, 0.5) is 0 Å². The van der Waals surface area contributed by atoms with Crippen LogP contribution in [0.25, 0.3) is 0 Å². The third-order valence-corrected chi connectivity index (χ3v) is 2.91. The second kappa shape index (κ2) is 6.63. The minimum atomic E-state index is -0.269. The topological polar surface area (TPSA) is 26.3 Å². The zero-order valence-electron chi connectivity index (χ0n) is 9.91. The molecule has 0 radical (unpaired) electrons. The van der Waals surface area contributed by atoms with Crippen molar-refractivity contribution in [2.24, 2.45) is 17.8 Å². The monoisotopic (exact) mass is 198 g/mol. The summed E-state index contributed by atoms with van der Waals surface area (Å²) in [6.45, 7) is 8.92. The van der Waals surface area contributed by atoms with E-state index in [1.807, 2.05) is 6.08 Å². The van der Waals surface area contributed by atoms with Gasteiger partial charge in [-0.1, -0.05) is 33.8 Å². The molecular weight excluding hydrogens is 176 g/mol. The molecule has 0 fully saturated rings. The summed E-state index contributed by atoms with van der Waals surface area (Å²) in [6.07, 6.45) is 4.34. The van der Waals surface area contributed by atoms with Crippen LogP contribution in [0.1, 0.15) is 34.1 Å². The Morgan fingerprint density at radius 2 is 1.86 bits per heavy atom. The highest BCUT2D eigenvalue weighted by atomic mass is 16.5. The number of hydrogen-bond donors (Lipinski definition) is 0. The number of carbonyl (C=O) groups excluding carboxylic acids is 1. The minimum absolute atomic E-state index is 0.269. The van der Waals surface area contributed by atoms with Crippen LogP contribution in [0, 0.1) is 17.8 Å². The number of esters is 1. The van der Waals surface area contributed by atoms with E-state index in [1.54, 1.807) is 0 Å². The summed E-state index contributed by atoms with van der Waals surface area (Å²) in [5.74, 6) is 1.71. The third kappa shape index (κ3) is 5.05. The van der Waals surface area contributed by atoms with E-state index in [-0.39, 0.29) is 5.97 Å². The lowest BCUT2D eigenvalue weighted by Gasteiger charge is -2.21. The molecule has 0 aliphatic carbocycles. The second-order valence-corrected chi connectivity index (χ2v) is 4.24. The molecule has 0 amide bonds. The van der Waals surface area contributed by atoms with Gasteiger partial charge < -0.3 is 4.74 Å². The molecule has 14 heavy (non-hydrogen) atoms. The molecule has 0 saturated carbocycles. The Hall–Kier alpha value is -0.790. The predicted molar refractivity (Wildman–Crippen MR) is 58.9 cm³/mol. The van der Waals surface area contributed by atoms with Gasteiger partial charge in [0.2, 0.25) is 0 Å². The Balaban J connectivity index is 3.89. The Kier molecular flexibility index (Phi) is 6.26. The molecule has 0 N–H and O–H groups in total. The molecule has 0 aliphatic rings. The second-order valence-electron chi connectivity index (χ2n) is 4.24. The molecular formula is C12H22O2. The summed E-state index contributed by atoms with van der Waals surface area (Å²) >= 11 is 0. The fourth-order valence-corrected chi connectivity index (χ4v) is 1.32. The molecule has 0 spiro atoms. The molecule has 0 heterocycles. The van der Waals surface area contributed by atoms with E-state index in [0.717, 1.165) is 6.42 Å². The van der Waals surface area contributed by atoms with Crippen molar-refractivity contribution in [1.29, 1.82) is 0 Å². The van der Waals surface area contributed by atoms with Crippen LogP contribution < -0.4 is 0 Å². The quantitative estimate of drug-likeness (QED) is 0.501. The standard InChI is InChI=1S/C12H22O2/c1-9(2)11(4)10(3)7-6-8-12(13)14-5/h6,8-11H,7H2,1-5H3. The van der Waals surface area contributed by atoms with Crippen molar-refractivity contribution in [3.8, 4) is 0 Å². The van der Waals surface area contributed by atoms with E-state index in [4.69, 9.17) is 0 Å². The van der Waals surface area contributed by atoms with Gasteiger partial charge in [0.25, 0.3) is 0 Å². The fraction of sp³-hybridized carbons (Fsp3) is 0.750. The number of allylic oxidation sites excluding steroid dienone is 1. The normalized spacial score (nSPS) is 15.9. The number of hydrogen-bond acceptors (Lipinski definition) is 2. The molecule has 0 aromatic carbocycles. The molecule has 2 atom stereocenters. The molecule has 2 nitrogen and oxygen atoms in total. The molecule has 0 aromatic rings. The van der Waals surface area contributed by atoms with E-state index >= 15 is 0 Å². The maximum Gasteiger partial charge on any atom is 0.330 e. The molecule has 0 aromatic heterocycles. The smallest absolute Gasteiger partial charge is 0.330 e. The third-order valence-electron chi connectivity index (χ3n) is 2.91. The summed E-state index contributed by atoms with van der Waals surface area (Å²) in [4.78, 5) is 10.8. The van der Waals surface area contributed by atoms with Crippen molar-refractivity contribution in [1.82, 2.24) is 0 Å². The summed E-state index contributed by atoms with van der Waals surface area (Å²) < 4.78 is 4.51. The van der Waals surface area contributed by atoms with Crippen molar-refractivity contribution in [3.63, 3.8) is 0 Å². The van der Waals surface area contributed by atoms with Gasteiger partial charge in [0.1, 0.15) is 0 Å². The lowest BCUT2D eigenvalue weighted by Crippen LogP contribution is -2.13. The molecule has 0 aliphatic heterocycles. The van der Waals surface area contributed by atoms with Gasteiger partial charge in [-0.05, 0) is 24.2 Å². The van der Waals surface area contributed by atoms with Crippen LogP contribution in [-0.4, -0.2) is 13.1 Å². The molecule has 82 valence electrons. The average molecular weight is 198 g/mol. The zero-order valence-corrected chi connectivity index (χ0v) is 9.91. The lowest BCUT2D eigenvalue weighted by molar-refractivity contribution is -0.134. The van der Waals surface area contributed by atoms with Gasteiger partial charge in [0, 0.05) is 6.08 Å². The van der Waals surface area contributed by atoms with Crippen LogP contribution in [0.3, 0.4) is 0 Å². The lowest BCUT2D eigenvalue weighted by atomic mass is 9.84. The van der Waals surface area contributed by atoms with Crippen LogP contribution in [0.5, 0.6) is 0 Å². The summed E-state index contributed by atoms with van der Waals surface area (Å²) in [7, 11) is 1.40. The van der Waals surface area contributed by atoms with Crippen molar-refractivity contribution < 1.29 is 9.53 Å². The largest absolute Gasteiger partial charge is 0.466 e. The molecule has 0 rings (SSSR count). The molecule has 0 bridgehead atoms. The predicted octanol–water partition coefficient (Wildman–Crippen LogP) is 3.03. The highest BCUT2D eigenvalue weighted by Crippen LogP contribution is 2.22. The Bertz CT molecular complexity index is 194. The van der Waals surface area contributed by atoms with Crippen LogP contribution in [-0.2, 0) is 9.53 Å². The molecule has 2 unspecified atom stereocenters. The van der Waals surface area contributed by atoms with E-state index in [1.165, 1.54) is 13.2 Å². The number of ether oxygens (including phenoxy) is 1. The van der Waals surface area contributed by atoms with Crippen molar-refractivity contribution in [2.75, 3.05) is 7.11 Å². The molecule has 2 heteroatoms. The van der Waals surface area contributed by atoms with Gasteiger partial charge in [-0.2, -0.15) is 0 Å². The van der Waals surface area contributed by atoms with Crippen molar-refractivity contribution >= 4 is 5.97 Å². The maximum absolute atomic E-state index is 10.8. The summed E-state index contributed by atoms with van der Waals surface area (Å²) in [5.41, 5.74) is 0. The van der Waals surface area contributed by atoms with Gasteiger partial charge in [0.05, 0.1) is 7.11 Å². The van der Waals surface area contributed by atoms with Gasteiger partial charge in [-0.3, -0.25) is 0 Å². The number of rotatable bonds is 5. The van der Waals surface area contributed by atoms with Crippen molar-refractivity contribution in [2.45, 2.75) is 34.1 Å². The Labute approximate surface area is 87.3 Å². The van der Waals surface area contributed by atoms with Crippen LogP contribution in [0.2, 0.25) is 0 Å². The summed E-state index contributed by atoms with van der Waals surface area (Å²) in [5, 5.41) is 0. The van der Waals surface area contributed by atoms with Crippen LogP contribution in [0.15, 0.2) is 12.2 Å².